The largest absolute Gasteiger partial charge is 0.224 e. The molecule has 0 N–H and O–H groups in total. The van der Waals surface area contributed by atoms with E-state index in [1.165, 1.54) is 0 Å². The highest BCUT2D eigenvalue weighted by atomic mass is 79.9. The lowest BCUT2D eigenvalue weighted by Gasteiger charge is -2.03. The molecule has 1 aromatic carbocycles. The zero-order chi connectivity index (χ0) is 10.6. The lowest BCUT2D eigenvalue weighted by atomic mass is 10.2. The van der Waals surface area contributed by atoms with Crippen LogP contribution in [-0.2, 0) is 9.84 Å². The lowest BCUT2D eigenvalue weighted by Crippen LogP contribution is -2.06. The van der Waals surface area contributed by atoms with E-state index in [0.717, 1.165) is 10.9 Å². The minimum Gasteiger partial charge on any atom is -0.224 e. The summed E-state index contributed by atoms with van der Waals surface area (Å²) in [5, 5.41) is 0.720. The van der Waals surface area contributed by atoms with Gasteiger partial charge in [0.2, 0.25) is 0 Å². The highest BCUT2D eigenvalue weighted by Gasteiger charge is 2.12. The molecule has 0 aliphatic heterocycles. The van der Waals surface area contributed by atoms with Crippen LogP contribution in [0.5, 0.6) is 0 Å². The Morgan fingerprint density at radius 2 is 1.79 bits per heavy atom. The van der Waals surface area contributed by atoms with Crippen molar-refractivity contribution in [3.63, 3.8) is 0 Å². The second kappa shape index (κ2) is 4.94. The molecular weight excluding hydrogens is 264 g/mol. The molecule has 1 aromatic rings. The van der Waals surface area contributed by atoms with Crippen molar-refractivity contribution in [3.05, 3.63) is 29.8 Å². The van der Waals surface area contributed by atoms with Crippen LogP contribution in [0.15, 0.2) is 29.2 Å². The first-order valence-electron chi connectivity index (χ1n) is 4.41. The highest BCUT2D eigenvalue weighted by molar-refractivity contribution is 9.09. The summed E-state index contributed by atoms with van der Waals surface area (Å²) in [5.41, 5.74) is 1.07. The van der Waals surface area contributed by atoms with Crippen LogP contribution in [0.4, 0.5) is 0 Å². The third kappa shape index (κ3) is 3.10. The van der Waals surface area contributed by atoms with E-state index in [2.05, 4.69) is 15.9 Å². The summed E-state index contributed by atoms with van der Waals surface area (Å²) in [4.78, 5) is 0.420. The lowest BCUT2D eigenvalue weighted by molar-refractivity contribution is 0.595. The Kier molecular flexibility index (Phi) is 4.13. The van der Waals surface area contributed by atoms with Gasteiger partial charge in [-0.05, 0) is 25.5 Å². The van der Waals surface area contributed by atoms with Gasteiger partial charge in [-0.3, -0.25) is 0 Å². The number of rotatable bonds is 4. The first kappa shape index (κ1) is 11.7. The fourth-order valence-corrected chi connectivity index (χ4v) is 3.07. The van der Waals surface area contributed by atoms with Gasteiger partial charge in [-0.25, -0.2) is 8.42 Å². The molecule has 0 atom stereocenters. The number of hydrogen-bond acceptors (Lipinski definition) is 2. The van der Waals surface area contributed by atoms with Crippen molar-refractivity contribution in [2.45, 2.75) is 18.2 Å². The molecule has 78 valence electrons. The fraction of sp³-hybridized carbons (Fsp3) is 0.400. The number of sulfone groups is 1. The zero-order valence-corrected chi connectivity index (χ0v) is 10.4. The molecule has 1 rings (SSSR count). The Morgan fingerprint density at radius 3 is 2.29 bits per heavy atom. The van der Waals surface area contributed by atoms with Gasteiger partial charge in [0.25, 0.3) is 0 Å². The topological polar surface area (TPSA) is 34.1 Å². The first-order chi connectivity index (χ1) is 6.56. The Hall–Kier alpha value is -0.350. The summed E-state index contributed by atoms with van der Waals surface area (Å²) in [6.07, 6.45) is 0.649. The predicted molar refractivity (Wildman–Crippen MR) is 61.6 cm³/mol. The van der Waals surface area contributed by atoms with Crippen LogP contribution in [0.1, 0.15) is 12.0 Å². The molecule has 0 saturated heterocycles. The van der Waals surface area contributed by atoms with E-state index in [0.29, 0.717) is 11.3 Å². The summed E-state index contributed by atoms with van der Waals surface area (Å²) in [6, 6.07) is 6.97. The molecule has 0 heterocycles. The van der Waals surface area contributed by atoms with Crippen LogP contribution in [0.25, 0.3) is 0 Å². The molecule has 0 radical (unpaired) electrons. The quantitative estimate of drug-likeness (QED) is 0.793. The summed E-state index contributed by atoms with van der Waals surface area (Å²) in [7, 11) is -3.07. The van der Waals surface area contributed by atoms with E-state index in [-0.39, 0.29) is 5.75 Å². The average Bonchev–Trinajstić information content (AvgIpc) is 2.16. The SMILES string of the molecule is Cc1ccc(S(=O)(=O)CCCBr)cc1. The summed E-state index contributed by atoms with van der Waals surface area (Å²) in [5.74, 6) is 0.210. The van der Waals surface area contributed by atoms with Gasteiger partial charge in [0.15, 0.2) is 9.84 Å². The zero-order valence-electron chi connectivity index (χ0n) is 8.03. The number of hydrogen-bond donors (Lipinski definition) is 0. The minimum absolute atomic E-state index is 0.210. The van der Waals surface area contributed by atoms with Crippen LogP contribution in [0.3, 0.4) is 0 Å². The summed E-state index contributed by atoms with van der Waals surface area (Å²) < 4.78 is 23.4. The van der Waals surface area contributed by atoms with Crippen molar-refractivity contribution in [1.82, 2.24) is 0 Å². The van der Waals surface area contributed by atoms with Crippen molar-refractivity contribution < 1.29 is 8.42 Å². The summed E-state index contributed by atoms with van der Waals surface area (Å²) in [6.45, 7) is 1.94. The van der Waals surface area contributed by atoms with Gasteiger partial charge < -0.3 is 0 Å². The van der Waals surface area contributed by atoms with E-state index >= 15 is 0 Å². The normalized spacial score (nSPS) is 11.6. The Morgan fingerprint density at radius 1 is 1.21 bits per heavy atom. The number of benzene rings is 1. The molecule has 4 heteroatoms. The number of alkyl halides is 1. The summed E-state index contributed by atoms with van der Waals surface area (Å²) >= 11 is 3.22. The van der Waals surface area contributed by atoms with Crippen LogP contribution < -0.4 is 0 Å². The van der Waals surface area contributed by atoms with E-state index in [1.54, 1.807) is 12.1 Å². The van der Waals surface area contributed by atoms with E-state index in [1.807, 2.05) is 19.1 Å². The highest BCUT2D eigenvalue weighted by Crippen LogP contribution is 2.13. The molecule has 0 amide bonds. The van der Waals surface area contributed by atoms with Crippen molar-refractivity contribution in [2.24, 2.45) is 0 Å². The van der Waals surface area contributed by atoms with Crippen LogP contribution >= 0.6 is 15.9 Å². The van der Waals surface area contributed by atoms with Crippen LogP contribution in [-0.4, -0.2) is 19.5 Å². The smallest absolute Gasteiger partial charge is 0.178 e. The van der Waals surface area contributed by atoms with Crippen molar-refractivity contribution in [1.29, 1.82) is 0 Å². The van der Waals surface area contributed by atoms with E-state index in [9.17, 15) is 8.42 Å². The molecule has 0 unspecified atom stereocenters. The minimum atomic E-state index is -3.07. The molecular formula is C10H13BrO2S. The second-order valence-corrected chi connectivity index (χ2v) is 6.08. The second-order valence-electron chi connectivity index (χ2n) is 3.17. The maximum absolute atomic E-state index is 11.7. The monoisotopic (exact) mass is 276 g/mol. The average molecular weight is 277 g/mol. The molecule has 0 spiro atoms. The van der Waals surface area contributed by atoms with Gasteiger partial charge in [0, 0.05) is 5.33 Å². The molecule has 0 saturated carbocycles. The fourth-order valence-electron chi connectivity index (χ4n) is 1.11. The molecule has 0 aliphatic carbocycles. The molecule has 0 aliphatic rings. The Labute approximate surface area is 93.4 Å². The van der Waals surface area contributed by atoms with Crippen molar-refractivity contribution in [3.8, 4) is 0 Å². The standard InChI is InChI=1S/C10H13BrO2S/c1-9-3-5-10(6-4-9)14(12,13)8-2-7-11/h3-6H,2,7-8H2,1H3. The number of aryl methyl sites for hydroxylation is 1. The maximum Gasteiger partial charge on any atom is 0.178 e. The van der Waals surface area contributed by atoms with Gasteiger partial charge in [-0.15, -0.1) is 0 Å². The molecule has 0 fully saturated rings. The van der Waals surface area contributed by atoms with Gasteiger partial charge in [-0.2, -0.15) is 0 Å². The molecule has 0 bridgehead atoms. The van der Waals surface area contributed by atoms with Gasteiger partial charge in [0.05, 0.1) is 10.6 Å². The first-order valence-corrected chi connectivity index (χ1v) is 7.19. The Balaban J connectivity index is 2.87. The van der Waals surface area contributed by atoms with Gasteiger partial charge >= 0.3 is 0 Å². The van der Waals surface area contributed by atoms with E-state index in [4.69, 9.17) is 0 Å². The van der Waals surface area contributed by atoms with Gasteiger partial charge in [-0.1, -0.05) is 33.6 Å². The van der Waals surface area contributed by atoms with Crippen LogP contribution in [0.2, 0.25) is 0 Å². The van der Waals surface area contributed by atoms with Gasteiger partial charge in [0.1, 0.15) is 0 Å². The van der Waals surface area contributed by atoms with Crippen molar-refractivity contribution >= 4 is 25.8 Å². The molecule has 0 aromatic heterocycles. The Bertz CT molecular complexity index is 381. The van der Waals surface area contributed by atoms with Crippen molar-refractivity contribution in [2.75, 3.05) is 11.1 Å². The molecule has 14 heavy (non-hydrogen) atoms. The maximum atomic E-state index is 11.7. The third-order valence-corrected chi connectivity index (χ3v) is 4.30. The predicted octanol–water partition coefficient (Wildman–Crippen LogP) is 2.55. The molecule has 2 nitrogen and oxygen atoms in total. The third-order valence-electron chi connectivity index (χ3n) is 1.93. The van der Waals surface area contributed by atoms with E-state index < -0.39 is 9.84 Å². The van der Waals surface area contributed by atoms with Crippen LogP contribution in [0, 0.1) is 6.92 Å². The number of halogens is 1.